The van der Waals surface area contributed by atoms with Crippen molar-refractivity contribution in [2.75, 3.05) is 25.6 Å². The van der Waals surface area contributed by atoms with Crippen molar-refractivity contribution in [3.05, 3.63) is 98.9 Å². The third-order valence-electron chi connectivity index (χ3n) is 6.83. The zero-order chi connectivity index (χ0) is 33.0. The van der Waals surface area contributed by atoms with Crippen molar-refractivity contribution in [1.82, 2.24) is 4.90 Å². The Balaban J connectivity index is 1.30. The molecule has 1 heterocycles. The molecule has 0 aliphatic carbocycles. The van der Waals surface area contributed by atoms with Crippen LogP contribution in [0.2, 0.25) is 0 Å². The minimum atomic E-state index is -4.65. The summed E-state index contributed by atoms with van der Waals surface area (Å²) in [4.78, 5) is 39.3. The van der Waals surface area contributed by atoms with Gasteiger partial charge in [0.15, 0.2) is 11.5 Å². The first kappa shape index (κ1) is 32.9. The van der Waals surface area contributed by atoms with Crippen molar-refractivity contribution in [3.63, 3.8) is 0 Å². The number of imide groups is 1. The fraction of sp³-hybridized carbons (Fsp3) is 0.182. The smallest absolute Gasteiger partial charge is 0.416 e. The van der Waals surface area contributed by atoms with Gasteiger partial charge in [0.25, 0.3) is 11.1 Å². The molecular formula is C33H26BrF3N2O6S. The summed E-state index contributed by atoms with van der Waals surface area (Å²) >= 11 is 4.14. The summed E-state index contributed by atoms with van der Waals surface area (Å²) < 4.78 is 57.1. The van der Waals surface area contributed by atoms with Gasteiger partial charge < -0.3 is 19.5 Å². The number of halogens is 4. The summed E-state index contributed by atoms with van der Waals surface area (Å²) in [6, 6.07) is 20.0. The maximum absolute atomic E-state index is 13.2. The van der Waals surface area contributed by atoms with E-state index in [1.165, 1.54) is 13.2 Å². The van der Waals surface area contributed by atoms with Crippen LogP contribution in [0.4, 0.5) is 23.7 Å². The number of carbonyl (C=O) groups is 3. The molecule has 0 atom stereocenters. The van der Waals surface area contributed by atoms with Gasteiger partial charge in [-0.1, -0.05) is 52.3 Å². The number of rotatable bonds is 10. The lowest BCUT2D eigenvalue weighted by Crippen LogP contribution is -2.36. The van der Waals surface area contributed by atoms with E-state index in [1.54, 1.807) is 12.1 Å². The van der Waals surface area contributed by atoms with Gasteiger partial charge >= 0.3 is 6.18 Å². The number of amides is 3. The molecule has 3 amide bonds. The average Bonchev–Trinajstić information content (AvgIpc) is 3.28. The Hall–Kier alpha value is -4.49. The average molecular weight is 716 g/mol. The van der Waals surface area contributed by atoms with Gasteiger partial charge in [-0.15, -0.1) is 0 Å². The van der Waals surface area contributed by atoms with Crippen LogP contribution in [0.5, 0.6) is 17.2 Å². The van der Waals surface area contributed by atoms with Crippen LogP contribution in [-0.2, 0) is 22.4 Å². The second kappa shape index (κ2) is 13.9. The van der Waals surface area contributed by atoms with Crippen molar-refractivity contribution in [1.29, 1.82) is 0 Å². The lowest BCUT2D eigenvalue weighted by Gasteiger charge is -2.16. The molecule has 0 saturated carbocycles. The molecule has 1 N–H and O–H groups in total. The van der Waals surface area contributed by atoms with Crippen LogP contribution in [0.1, 0.15) is 23.6 Å². The largest absolute Gasteiger partial charge is 0.495 e. The fourth-order valence-corrected chi connectivity index (χ4v) is 5.89. The van der Waals surface area contributed by atoms with Gasteiger partial charge in [0.1, 0.15) is 18.9 Å². The zero-order valence-corrected chi connectivity index (χ0v) is 26.8. The van der Waals surface area contributed by atoms with E-state index in [2.05, 4.69) is 21.2 Å². The molecule has 0 spiro atoms. The van der Waals surface area contributed by atoms with E-state index in [-0.39, 0.29) is 22.9 Å². The molecule has 1 aliphatic rings. The molecule has 0 radical (unpaired) electrons. The molecule has 4 aromatic carbocycles. The zero-order valence-electron chi connectivity index (χ0n) is 24.4. The van der Waals surface area contributed by atoms with Crippen molar-refractivity contribution in [3.8, 4) is 17.2 Å². The number of nitrogens with zero attached hydrogens (tertiary/aromatic N) is 1. The molecule has 8 nitrogen and oxygen atoms in total. The number of anilines is 1. The molecule has 5 rings (SSSR count). The maximum Gasteiger partial charge on any atom is 0.416 e. The molecule has 1 saturated heterocycles. The van der Waals surface area contributed by atoms with Gasteiger partial charge in [-0.2, -0.15) is 13.2 Å². The molecular weight excluding hydrogens is 689 g/mol. The summed E-state index contributed by atoms with van der Waals surface area (Å²) in [6.07, 6.45) is -3.17. The summed E-state index contributed by atoms with van der Waals surface area (Å²) in [5, 5.41) is 3.80. The van der Waals surface area contributed by atoms with Crippen molar-refractivity contribution >= 4 is 67.3 Å². The predicted molar refractivity (Wildman–Crippen MR) is 173 cm³/mol. The highest BCUT2D eigenvalue weighted by atomic mass is 79.9. The Morgan fingerprint density at radius 2 is 1.70 bits per heavy atom. The number of fused-ring (bicyclic) bond motifs is 1. The van der Waals surface area contributed by atoms with E-state index in [9.17, 15) is 27.6 Å². The maximum atomic E-state index is 13.2. The first-order chi connectivity index (χ1) is 22.0. The van der Waals surface area contributed by atoms with Crippen LogP contribution in [0.25, 0.3) is 16.8 Å². The number of thioether (sulfide) groups is 1. The lowest BCUT2D eigenvalue weighted by atomic mass is 10.1. The van der Waals surface area contributed by atoms with Gasteiger partial charge in [-0.25, -0.2) is 0 Å². The molecule has 13 heteroatoms. The van der Waals surface area contributed by atoms with Crippen molar-refractivity contribution in [2.45, 2.75) is 19.7 Å². The van der Waals surface area contributed by atoms with E-state index >= 15 is 0 Å². The predicted octanol–water partition coefficient (Wildman–Crippen LogP) is 8.28. The van der Waals surface area contributed by atoms with Gasteiger partial charge in [0.05, 0.1) is 29.9 Å². The van der Waals surface area contributed by atoms with E-state index in [0.717, 1.165) is 28.5 Å². The quantitative estimate of drug-likeness (QED) is 0.165. The summed E-state index contributed by atoms with van der Waals surface area (Å²) in [5.74, 6) is -0.744. The fourth-order valence-electron chi connectivity index (χ4n) is 4.63. The Bertz CT molecular complexity index is 1860. The standard InChI is InChI=1S/C33H26BrF3N2O6S/c1-3-44-27-13-22(24(34)16-28(27)45-18-19-8-9-20-6-4-5-7-21(20)12-19)14-29-31(41)39(32(42)46-29)17-30(40)38-25-15-23(33(35,36)37)10-11-26(25)43-2/h4-16H,3,17-18H2,1-2H3,(H,38,40)/b29-14-. The number of benzene rings is 4. The summed E-state index contributed by atoms with van der Waals surface area (Å²) in [6.45, 7) is 1.73. The van der Waals surface area contributed by atoms with Gasteiger partial charge in [-0.05, 0) is 83.1 Å². The van der Waals surface area contributed by atoms with E-state index in [4.69, 9.17) is 14.2 Å². The Morgan fingerprint density at radius 3 is 2.41 bits per heavy atom. The van der Waals surface area contributed by atoms with Crippen LogP contribution >= 0.6 is 27.7 Å². The molecule has 46 heavy (non-hydrogen) atoms. The number of carbonyl (C=O) groups excluding carboxylic acids is 3. The van der Waals surface area contributed by atoms with Crippen molar-refractivity contribution < 1.29 is 41.8 Å². The Morgan fingerprint density at radius 1 is 0.957 bits per heavy atom. The first-order valence-corrected chi connectivity index (χ1v) is 15.4. The van der Waals surface area contributed by atoms with Gasteiger partial charge in [0.2, 0.25) is 5.91 Å². The molecule has 0 bridgehead atoms. The Labute approximate surface area is 274 Å². The van der Waals surface area contributed by atoms with Gasteiger partial charge in [-0.3, -0.25) is 19.3 Å². The second-order valence-electron chi connectivity index (χ2n) is 9.95. The number of alkyl halides is 3. The monoisotopic (exact) mass is 714 g/mol. The van der Waals surface area contributed by atoms with Crippen molar-refractivity contribution in [2.24, 2.45) is 0 Å². The van der Waals surface area contributed by atoms with E-state index in [0.29, 0.717) is 50.9 Å². The van der Waals surface area contributed by atoms with Crippen LogP contribution in [0.15, 0.2) is 82.2 Å². The summed E-state index contributed by atoms with van der Waals surface area (Å²) in [5.41, 5.74) is 0.232. The molecule has 4 aromatic rings. The van der Waals surface area contributed by atoms with Crippen LogP contribution < -0.4 is 19.5 Å². The highest BCUT2D eigenvalue weighted by Gasteiger charge is 2.37. The first-order valence-electron chi connectivity index (χ1n) is 13.8. The highest BCUT2D eigenvalue weighted by molar-refractivity contribution is 9.10. The third kappa shape index (κ3) is 7.48. The number of ether oxygens (including phenoxy) is 3. The SMILES string of the molecule is CCOc1cc(/C=C2\SC(=O)N(CC(=O)Nc3cc(C(F)(F)F)ccc3OC)C2=O)c(Br)cc1OCc1ccc2ccccc2c1. The molecule has 238 valence electrons. The van der Waals surface area contributed by atoms with E-state index in [1.807, 2.05) is 49.4 Å². The minimum absolute atomic E-state index is 0.0185. The molecule has 1 aliphatic heterocycles. The summed E-state index contributed by atoms with van der Waals surface area (Å²) in [7, 11) is 1.23. The van der Waals surface area contributed by atoms with Crippen LogP contribution in [0.3, 0.4) is 0 Å². The van der Waals surface area contributed by atoms with Crippen LogP contribution in [-0.4, -0.2) is 42.2 Å². The number of nitrogens with one attached hydrogen (secondary N) is 1. The van der Waals surface area contributed by atoms with Gasteiger partial charge in [0, 0.05) is 4.47 Å². The molecule has 1 fully saturated rings. The second-order valence-corrected chi connectivity index (χ2v) is 11.8. The third-order valence-corrected chi connectivity index (χ3v) is 8.43. The number of methoxy groups -OCH3 is 1. The van der Waals surface area contributed by atoms with E-state index < -0.39 is 35.3 Å². The Kier molecular flexibility index (Phi) is 9.92. The molecule has 0 aromatic heterocycles. The van der Waals surface area contributed by atoms with Crippen LogP contribution in [0, 0.1) is 0 Å². The lowest BCUT2D eigenvalue weighted by molar-refractivity contribution is -0.137. The number of hydrogen-bond donors (Lipinski definition) is 1. The minimum Gasteiger partial charge on any atom is -0.495 e. The molecule has 0 unspecified atom stereocenters. The topological polar surface area (TPSA) is 94.2 Å². The normalized spacial score (nSPS) is 14.2. The highest BCUT2D eigenvalue weighted by Crippen LogP contribution is 2.39. The number of hydrogen-bond acceptors (Lipinski definition) is 7.